The van der Waals surface area contributed by atoms with Gasteiger partial charge in [-0.3, -0.25) is 9.59 Å². The molecule has 27 heavy (non-hydrogen) atoms. The summed E-state index contributed by atoms with van der Waals surface area (Å²) in [6.45, 7) is 0. The smallest absolute Gasteiger partial charge is 0.170 e. The van der Waals surface area contributed by atoms with Crippen molar-refractivity contribution >= 4 is 23.2 Å². The van der Waals surface area contributed by atoms with Gasteiger partial charge in [0.1, 0.15) is 0 Å². The molecule has 0 saturated carbocycles. The fourth-order valence-electron chi connectivity index (χ4n) is 2.72. The van der Waals surface area contributed by atoms with Gasteiger partial charge in [-0.15, -0.1) is 0 Å². The van der Waals surface area contributed by atoms with Crippen LogP contribution in [0.2, 0.25) is 0 Å². The first-order valence-corrected chi connectivity index (χ1v) is 8.84. The Kier molecular flexibility index (Phi) is 6.26. The van der Waals surface area contributed by atoms with Gasteiger partial charge in [0.2, 0.25) is 0 Å². The summed E-state index contributed by atoms with van der Waals surface area (Å²) in [7, 11) is 0. The molecule has 0 fully saturated rings. The molecule has 0 aromatic heterocycles. The van der Waals surface area contributed by atoms with Crippen LogP contribution in [0.3, 0.4) is 0 Å². The van der Waals surface area contributed by atoms with E-state index < -0.39 is 0 Å². The van der Waals surface area contributed by atoms with E-state index >= 15 is 0 Å². The Morgan fingerprint density at radius 3 is 1.78 bits per heavy atom. The summed E-state index contributed by atoms with van der Waals surface area (Å²) in [5.74, 6) is -0.378. The van der Waals surface area contributed by atoms with E-state index in [1.807, 2.05) is 78.9 Å². The molecule has 0 amide bonds. The van der Waals surface area contributed by atoms with Crippen LogP contribution in [0, 0.1) is 0 Å². The lowest BCUT2D eigenvalue weighted by atomic mass is 10.00. The van der Waals surface area contributed by atoms with E-state index in [1.54, 1.807) is 30.3 Å². The van der Waals surface area contributed by atoms with E-state index in [1.165, 1.54) is 0 Å². The Bertz CT molecular complexity index is 953. The molecule has 3 rings (SSSR count). The van der Waals surface area contributed by atoms with Crippen molar-refractivity contribution in [3.05, 3.63) is 120 Å². The van der Waals surface area contributed by atoms with Crippen molar-refractivity contribution in [3.63, 3.8) is 0 Å². The summed E-state index contributed by atoms with van der Waals surface area (Å²) in [5, 5.41) is 0. The molecule has 0 bridgehead atoms. The molecule has 0 aliphatic rings. The number of hydrogen-bond acceptors (Lipinski definition) is 2. The Labute approximate surface area is 159 Å². The van der Waals surface area contributed by atoms with Gasteiger partial charge in [-0.2, -0.15) is 0 Å². The Hall–Kier alpha value is -3.52. The van der Waals surface area contributed by atoms with Gasteiger partial charge in [0, 0.05) is 5.56 Å². The number of ketones is 2. The van der Waals surface area contributed by atoms with Gasteiger partial charge in [-0.25, -0.2) is 0 Å². The van der Waals surface area contributed by atoms with Crippen LogP contribution in [-0.4, -0.2) is 11.6 Å². The fourth-order valence-corrected chi connectivity index (χ4v) is 2.72. The van der Waals surface area contributed by atoms with Crippen LogP contribution in [0.5, 0.6) is 0 Å². The molecule has 0 heterocycles. The quantitative estimate of drug-likeness (QED) is 0.239. The van der Waals surface area contributed by atoms with Crippen LogP contribution in [-0.2, 0) is 4.79 Å². The number of allylic oxidation sites excluding steroid dienone is 3. The van der Waals surface area contributed by atoms with Gasteiger partial charge < -0.3 is 0 Å². The topological polar surface area (TPSA) is 34.1 Å². The van der Waals surface area contributed by atoms with E-state index in [2.05, 4.69) is 0 Å². The number of hydrogen-bond donors (Lipinski definition) is 0. The second kappa shape index (κ2) is 9.25. The molecule has 3 aromatic carbocycles. The van der Waals surface area contributed by atoms with Crippen molar-refractivity contribution in [1.82, 2.24) is 0 Å². The van der Waals surface area contributed by atoms with Crippen LogP contribution in [0.1, 0.15) is 27.9 Å². The first-order valence-electron chi connectivity index (χ1n) is 8.84. The zero-order valence-electron chi connectivity index (χ0n) is 14.9. The lowest BCUT2D eigenvalue weighted by molar-refractivity contribution is -0.113. The van der Waals surface area contributed by atoms with Gasteiger partial charge >= 0.3 is 0 Å². The zero-order valence-corrected chi connectivity index (χ0v) is 14.9. The molecule has 0 N–H and O–H groups in total. The highest BCUT2D eigenvalue weighted by molar-refractivity contribution is 6.13. The Balaban J connectivity index is 1.82. The van der Waals surface area contributed by atoms with E-state index in [-0.39, 0.29) is 18.0 Å². The van der Waals surface area contributed by atoms with Crippen LogP contribution in [0.15, 0.2) is 103 Å². The van der Waals surface area contributed by atoms with E-state index in [4.69, 9.17) is 0 Å². The van der Waals surface area contributed by atoms with Gasteiger partial charge in [0.25, 0.3) is 0 Å². The third-order valence-corrected chi connectivity index (χ3v) is 4.11. The van der Waals surface area contributed by atoms with E-state index in [0.717, 1.165) is 16.7 Å². The molecule has 0 spiro atoms. The molecule has 2 heteroatoms. The number of benzene rings is 3. The average Bonchev–Trinajstić information content (AvgIpc) is 2.73. The largest absolute Gasteiger partial charge is 0.294 e. The van der Waals surface area contributed by atoms with Crippen LogP contribution in [0.4, 0.5) is 0 Å². The van der Waals surface area contributed by atoms with Crippen molar-refractivity contribution < 1.29 is 9.59 Å². The maximum absolute atomic E-state index is 12.5. The maximum atomic E-state index is 12.5. The molecule has 0 atom stereocenters. The lowest BCUT2D eigenvalue weighted by Crippen LogP contribution is -2.06. The number of rotatable bonds is 7. The van der Waals surface area contributed by atoms with Gasteiger partial charge in [0.15, 0.2) is 11.6 Å². The molecule has 132 valence electrons. The van der Waals surface area contributed by atoms with Gasteiger partial charge in [-0.1, -0.05) is 103 Å². The van der Waals surface area contributed by atoms with E-state index in [9.17, 15) is 9.59 Å². The minimum atomic E-state index is -0.208. The minimum absolute atomic E-state index is 0.139. The highest BCUT2D eigenvalue weighted by Crippen LogP contribution is 2.18. The van der Waals surface area contributed by atoms with Crippen molar-refractivity contribution in [2.24, 2.45) is 0 Å². The molecule has 0 radical (unpaired) electrons. The number of carbonyl (C=O) groups is 2. The number of Topliss-reactive ketones (excluding diaryl/α,β-unsaturated/α-hetero) is 1. The fraction of sp³-hybridized carbons (Fsp3) is 0.0400. The Morgan fingerprint density at radius 2 is 1.19 bits per heavy atom. The van der Waals surface area contributed by atoms with Crippen LogP contribution in [0.25, 0.3) is 11.6 Å². The molecule has 0 unspecified atom stereocenters. The Morgan fingerprint density at radius 1 is 0.667 bits per heavy atom. The molecule has 2 nitrogen and oxygen atoms in total. The SMILES string of the molecule is O=C(C=C(C=Cc1ccccc1)c1ccccc1)CC(=O)c1ccccc1. The summed E-state index contributed by atoms with van der Waals surface area (Å²) >= 11 is 0. The van der Waals surface area contributed by atoms with Gasteiger partial charge in [-0.05, 0) is 22.8 Å². The summed E-state index contributed by atoms with van der Waals surface area (Å²) < 4.78 is 0. The first kappa shape index (κ1) is 18.3. The molecule has 3 aromatic rings. The van der Waals surface area contributed by atoms with E-state index in [0.29, 0.717) is 5.56 Å². The van der Waals surface area contributed by atoms with Crippen molar-refractivity contribution in [2.45, 2.75) is 6.42 Å². The summed E-state index contributed by atoms with van der Waals surface area (Å²) in [6, 6.07) is 28.5. The normalized spacial score (nSPS) is 11.5. The van der Waals surface area contributed by atoms with Crippen molar-refractivity contribution in [1.29, 1.82) is 0 Å². The molecular weight excluding hydrogens is 332 g/mol. The monoisotopic (exact) mass is 352 g/mol. The van der Waals surface area contributed by atoms with Gasteiger partial charge in [0.05, 0.1) is 6.42 Å². The van der Waals surface area contributed by atoms with Crippen LogP contribution >= 0.6 is 0 Å². The van der Waals surface area contributed by atoms with Crippen LogP contribution < -0.4 is 0 Å². The van der Waals surface area contributed by atoms with Crippen molar-refractivity contribution in [3.8, 4) is 0 Å². The summed E-state index contributed by atoms with van der Waals surface area (Å²) in [6.07, 6.45) is 5.29. The first-order chi connectivity index (χ1) is 13.2. The molecule has 0 saturated heterocycles. The van der Waals surface area contributed by atoms with Crippen molar-refractivity contribution in [2.75, 3.05) is 0 Å². The molecule has 0 aliphatic heterocycles. The highest BCUT2D eigenvalue weighted by atomic mass is 16.1. The zero-order chi connectivity index (χ0) is 18.9. The predicted molar refractivity (Wildman–Crippen MR) is 110 cm³/mol. The average molecular weight is 352 g/mol. The second-order valence-corrected chi connectivity index (χ2v) is 6.14. The molecular formula is C25H20O2. The summed E-state index contributed by atoms with van der Waals surface area (Å²) in [4.78, 5) is 24.8. The lowest BCUT2D eigenvalue weighted by Gasteiger charge is -2.04. The third-order valence-electron chi connectivity index (χ3n) is 4.11. The molecule has 0 aliphatic carbocycles. The predicted octanol–water partition coefficient (Wildman–Crippen LogP) is 5.63. The number of carbonyl (C=O) groups excluding carboxylic acids is 2. The maximum Gasteiger partial charge on any atom is 0.170 e. The standard InChI is InChI=1S/C25H20O2/c26-24(19-25(27)22-14-8-3-9-15-22)18-23(21-12-6-2-7-13-21)17-16-20-10-4-1-5-11-20/h1-18H,19H2. The third kappa shape index (κ3) is 5.48. The minimum Gasteiger partial charge on any atom is -0.294 e. The summed E-state index contributed by atoms with van der Waals surface area (Å²) in [5.41, 5.74) is 3.32. The second-order valence-electron chi connectivity index (χ2n) is 6.14. The highest BCUT2D eigenvalue weighted by Gasteiger charge is 2.11.